The highest BCUT2D eigenvalue weighted by atomic mass is 32.2. The number of nitrogens with one attached hydrogen (secondary N) is 6. The lowest BCUT2D eigenvalue weighted by Crippen LogP contribution is -2.61. The van der Waals surface area contributed by atoms with Gasteiger partial charge in [0.25, 0.3) is 0 Å². The van der Waals surface area contributed by atoms with E-state index in [0.29, 0.717) is 24.3 Å². The molecule has 2 aromatic rings. The zero-order valence-corrected chi connectivity index (χ0v) is 46.5. The Bertz CT molecular complexity index is 2430. The number of benzene rings is 2. The zero-order chi connectivity index (χ0) is 58.0. The highest BCUT2D eigenvalue weighted by Crippen LogP contribution is 2.28. The van der Waals surface area contributed by atoms with Gasteiger partial charge in [-0.15, -0.1) is 0 Å². The van der Waals surface area contributed by atoms with Gasteiger partial charge in [0.15, 0.2) is 6.04 Å². The van der Waals surface area contributed by atoms with Gasteiger partial charge in [-0.25, -0.2) is 4.79 Å². The highest BCUT2D eigenvalue weighted by Gasteiger charge is 2.42. The molecule has 1 fully saturated rings. The third kappa shape index (κ3) is 18.0. The number of fused-ring (bicyclic) bond motifs is 11. The van der Waals surface area contributed by atoms with E-state index in [-0.39, 0.29) is 29.9 Å². The number of ether oxygens (including phenoxy) is 3. The molecule has 1 saturated heterocycles. The normalized spacial score (nSPS) is 27.6. The summed E-state index contributed by atoms with van der Waals surface area (Å²) in [7, 11) is 1.31. The van der Waals surface area contributed by atoms with Crippen LogP contribution in [0.15, 0.2) is 66.7 Å². The number of nitrogens with two attached hydrogens (primary N) is 1. The molecule has 23 nitrogen and oxygen atoms in total. The molecule has 13 atom stereocenters. The minimum Gasteiger partial charge on any atom is -0.487 e. The number of carbonyl (C=O) groups excluding carboxylic acids is 9. The molecule has 1 unspecified atom stereocenters. The van der Waals surface area contributed by atoms with Crippen LogP contribution in [0.1, 0.15) is 85.4 Å². The van der Waals surface area contributed by atoms with Crippen molar-refractivity contribution in [1.29, 1.82) is 0 Å². The average molecular weight is 1110 g/mol. The maximum Gasteiger partial charge on any atom is 0.332 e. The average Bonchev–Trinajstić information content (AvgIpc) is 3.42. The largest absolute Gasteiger partial charge is 0.487 e. The molecule has 24 heteroatoms. The van der Waals surface area contributed by atoms with Crippen LogP contribution in [0.2, 0.25) is 0 Å². The summed E-state index contributed by atoms with van der Waals surface area (Å²) < 4.78 is 17.4. The van der Waals surface area contributed by atoms with E-state index in [0.717, 1.165) is 11.0 Å². The van der Waals surface area contributed by atoms with E-state index in [4.69, 9.17) is 19.9 Å². The van der Waals surface area contributed by atoms with Crippen molar-refractivity contribution in [3.05, 3.63) is 77.9 Å². The molecule has 0 aromatic heterocycles. The maximum absolute atomic E-state index is 15.3. The quantitative estimate of drug-likeness (QED) is 0.0857. The van der Waals surface area contributed by atoms with Crippen LogP contribution in [0.5, 0.6) is 5.75 Å². The third-order valence-electron chi connectivity index (χ3n) is 13.7. The molecular formula is C54H78N8O15S. The Morgan fingerprint density at radius 3 is 2.12 bits per heavy atom. The summed E-state index contributed by atoms with van der Waals surface area (Å²) in [6.07, 6.45) is -2.63. The Morgan fingerprint density at radius 2 is 1.50 bits per heavy atom. The number of amides is 7. The molecule has 4 bridgehead atoms. The van der Waals surface area contributed by atoms with E-state index in [2.05, 4.69) is 31.9 Å². The number of carbonyl (C=O) groups is 9. The van der Waals surface area contributed by atoms with Gasteiger partial charge in [-0.3, -0.25) is 38.4 Å². The Labute approximate surface area is 459 Å². The molecule has 0 saturated carbocycles. The molecule has 78 heavy (non-hydrogen) atoms. The fourth-order valence-electron chi connectivity index (χ4n) is 8.33. The van der Waals surface area contributed by atoms with Crippen LogP contribution in [-0.2, 0) is 59.0 Å². The van der Waals surface area contributed by atoms with Gasteiger partial charge in [-0.1, -0.05) is 83.5 Å². The second-order valence-corrected chi connectivity index (χ2v) is 21.3. The van der Waals surface area contributed by atoms with E-state index >= 15 is 4.79 Å². The first-order chi connectivity index (χ1) is 36.8. The summed E-state index contributed by atoms with van der Waals surface area (Å²) in [5.41, 5.74) is 4.60. The standard InChI is InChI=1S/C54H78N8O15S/c1-10-30(4)42-49(69)61-45-36-17-19-37(20-18-36)77-34(8)54(74,28-78-24-14-23-55)22-21-40(64)56-26-41(65)75-27-38(53(73)76-33(7)44(51(71)58-42)60-47(67)31(5)46(66)29(2)3)57-50(70)43(32(6)63)59-48(68)39(62(9)52(45)72)25-35-15-12-11-13-16-35/h11-13,15-22,29-34,38-39,42-46,63,66,74H,10,14,23-28,55H2,1-9H3,(H,56,64)(H,57,70)(H,58,71)(H,59,68)(H,60,67)(H,61,69)/b22-21+/t30-,31+,32+,33+,34+,38-,39-,42+,43+,44-,45?,46+,54-/m0/s1. The maximum atomic E-state index is 15.3. The van der Waals surface area contributed by atoms with Gasteiger partial charge in [0, 0.05) is 25.3 Å². The molecule has 430 valence electrons. The van der Waals surface area contributed by atoms with E-state index in [9.17, 15) is 53.7 Å². The van der Waals surface area contributed by atoms with Gasteiger partial charge in [-0.05, 0) is 80.7 Å². The first-order valence-corrected chi connectivity index (χ1v) is 27.3. The third-order valence-corrected chi connectivity index (χ3v) is 15.0. The van der Waals surface area contributed by atoms with Gasteiger partial charge in [0.2, 0.25) is 41.4 Å². The van der Waals surface area contributed by atoms with E-state index in [1.54, 1.807) is 65.0 Å². The van der Waals surface area contributed by atoms with E-state index in [1.165, 1.54) is 69.9 Å². The van der Waals surface area contributed by atoms with Gasteiger partial charge in [0.1, 0.15) is 66.9 Å². The van der Waals surface area contributed by atoms with Crippen LogP contribution in [0, 0.1) is 17.8 Å². The second kappa shape index (κ2) is 30.0. The van der Waals surface area contributed by atoms with Crippen LogP contribution < -0.4 is 42.4 Å². The molecule has 3 heterocycles. The number of cyclic esters (lactones) is 1. The predicted molar refractivity (Wildman–Crippen MR) is 288 cm³/mol. The Kier molecular flexibility index (Phi) is 24.5. The van der Waals surface area contributed by atoms with Crippen molar-refractivity contribution in [2.45, 2.75) is 141 Å². The van der Waals surface area contributed by atoms with Crippen molar-refractivity contribution in [3.8, 4) is 5.75 Å². The highest BCUT2D eigenvalue weighted by molar-refractivity contribution is 7.99. The minimum atomic E-state index is -1.97. The first kappa shape index (κ1) is 63.9. The molecular weight excluding hydrogens is 1030 g/mol. The summed E-state index contributed by atoms with van der Waals surface area (Å²) in [6, 6.07) is 4.22. The lowest BCUT2D eigenvalue weighted by molar-refractivity contribution is -0.160. The molecule has 3 aliphatic rings. The summed E-state index contributed by atoms with van der Waals surface area (Å²) in [5.74, 6) is -10.6. The van der Waals surface area contributed by atoms with Crippen LogP contribution in [-0.4, -0.2) is 172 Å². The summed E-state index contributed by atoms with van der Waals surface area (Å²) >= 11 is 1.35. The number of rotatable bonds is 14. The number of likely N-dealkylation sites (N-methyl/N-ethyl adjacent to an activating group) is 1. The van der Waals surface area contributed by atoms with Crippen molar-refractivity contribution in [1.82, 2.24) is 36.8 Å². The smallest absolute Gasteiger partial charge is 0.332 e. The van der Waals surface area contributed by atoms with Crippen LogP contribution >= 0.6 is 11.8 Å². The summed E-state index contributed by atoms with van der Waals surface area (Å²) in [4.78, 5) is 129. The fraction of sp³-hybridized carbons (Fsp3) is 0.574. The molecule has 0 radical (unpaired) electrons. The van der Waals surface area contributed by atoms with Gasteiger partial charge >= 0.3 is 11.9 Å². The monoisotopic (exact) mass is 1110 g/mol. The molecule has 7 amide bonds. The number of aliphatic hydroxyl groups excluding tert-OH is 2. The molecule has 11 N–H and O–H groups in total. The van der Waals surface area contributed by atoms with Crippen molar-refractivity contribution >= 4 is 65.1 Å². The summed E-state index contributed by atoms with van der Waals surface area (Å²) in [5, 5.41) is 49.1. The minimum absolute atomic E-state index is 0.0316. The Hall–Kier alpha value is -6.60. The lowest BCUT2D eigenvalue weighted by atomic mass is 9.93. The van der Waals surface area contributed by atoms with Crippen LogP contribution in [0.4, 0.5) is 0 Å². The van der Waals surface area contributed by atoms with E-state index in [1.807, 2.05) is 0 Å². The molecule has 5 rings (SSSR count). The SMILES string of the molecule is CC[C@H](C)[C@H]1NC(=O)[C@@H](NC(=O)[C@H](C)[C@H](O)C(C)C)[C@@H](C)OC(=O)[C@@H]2COC(=O)CNC(=O)/C=C/[C@](O)(CSCCCN)[C@@H](C)Oc3ccc(cc3)C(NC1=O)C(=O)N(C)[C@@H](Cc1ccccc1)C(=O)N[C@H]([C@@H](C)O)C(=O)N2. The fourth-order valence-corrected chi connectivity index (χ4v) is 9.50. The van der Waals surface area contributed by atoms with Crippen molar-refractivity contribution in [2.75, 3.05) is 38.2 Å². The van der Waals surface area contributed by atoms with Crippen molar-refractivity contribution < 1.29 is 72.7 Å². The zero-order valence-electron chi connectivity index (χ0n) is 45.7. The van der Waals surface area contributed by atoms with Crippen molar-refractivity contribution in [2.24, 2.45) is 23.5 Å². The number of aliphatic hydroxyl groups is 3. The number of thioether (sulfide) groups is 1. The molecule has 0 spiro atoms. The molecule has 0 aliphatic carbocycles. The Balaban J connectivity index is 2.02. The Morgan fingerprint density at radius 1 is 0.859 bits per heavy atom. The van der Waals surface area contributed by atoms with Crippen LogP contribution in [0.3, 0.4) is 0 Å². The van der Waals surface area contributed by atoms with Gasteiger partial charge in [-0.2, -0.15) is 11.8 Å². The number of esters is 2. The number of hydrogen-bond acceptors (Lipinski definition) is 17. The second-order valence-electron chi connectivity index (χ2n) is 20.2. The van der Waals surface area contributed by atoms with Gasteiger partial charge in [0.05, 0.1) is 18.1 Å². The number of nitrogens with zero attached hydrogens (tertiary/aromatic N) is 1. The van der Waals surface area contributed by atoms with Crippen molar-refractivity contribution in [3.63, 3.8) is 0 Å². The molecule has 2 aromatic carbocycles. The van der Waals surface area contributed by atoms with Gasteiger partial charge < -0.3 is 72.1 Å². The van der Waals surface area contributed by atoms with E-state index < -0.39 is 150 Å². The predicted octanol–water partition coefficient (Wildman–Crippen LogP) is -0.312. The lowest BCUT2D eigenvalue weighted by Gasteiger charge is -2.34. The summed E-state index contributed by atoms with van der Waals surface area (Å²) in [6.45, 7) is 10.7. The topological polar surface area (TPSA) is 343 Å². The number of hydrogen-bond donors (Lipinski definition) is 10. The molecule has 3 aliphatic heterocycles. The van der Waals surface area contributed by atoms with Crippen LogP contribution in [0.25, 0.3) is 0 Å². The first-order valence-electron chi connectivity index (χ1n) is 26.1.